The number of nitrogens with zero attached hydrogens (tertiary/aromatic N) is 4. The van der Waals surface area contributed by atoms with Crippen molar-refractivity contribution in [3.8, 4) is 5.75 Å². The average Bonchev–Trinajstić information content (AvgIpc) is 3.14. The molecule has 0 amide bonds. The maximum atomic E-state index is 13.4. The summed E-state index contributed by atoms with van der Waals surface area (Å²) >= 11 is 0. The Morgan fingerprint density at radius 1 is 1.28 bits per heavy atom. The zero-order valence-electron chi connectivity index (χ0n) is 16.2. The van der Waals surface area contributed by atoms with Crippen LogP contribution in [0.3, 0.4) is 0 Å². The molecule has 0 fully saturated rings. The number of ether oxygens (including phenoxy) is 1. The van der Waals surface area contributed by atoms with Crippen molar-refractivity contribution in [2.45, 2.75) is 18.9 Å². The zero-order chi connectivity index (χ0) is 19.8. The summed E-state index contributed by atoms with van der Waals surface area (Å²) in [6.45, 7) is 2.53. The maximum absolute atomic E-state index is 13.4. The van der Waals surface area contributed by atoms with Crippen molar-refractivity contribution >= 4 is 22.3 Å². The van der Waals surface area contributed by atoms with Crippen LogP contribution >= 0.6 is 0 Å². The van der Waals surface area contributed by atoms with Gasteiger partial charge in [0, 0.05) is 43.0 Å². The molecule has 0 radical (unpaired) electrons. The largest absolute Gasteiger partial charge is 0.488 e. The van der Waals surface area contributed by atoms with Crippen LogP contribution in [0.4, 0.5) is 10.2 Å². The Bertz CT molecular complexity index is 1100. The van der Waals surface area contributed by atoms with Crippen LogP contribution in [0.2, 0.25) is 0 Å². The van der Waals surface area contributed by atoms with Crippen molar-refractivity contribution in [1.82, 2.24) is 19.9 Å². The zero-order valence-corrected chi connectivity index (χ0v) is 16.2. The molecule has 2 aliphatic rings. The maximum Gasteiger partial charge on any atom is 0.137 e. The minimum atomic E-state index is -0.232. The Labute approximate surface area is 168 Å². The minimum absolute atomic E-state index is 0.0652. The van der Waals surface area contributed by atoms with Gasteiger partial charge in [-0.15, -0.1) is 0 Å². The Balaban J connectivity index is 1.37. The van der Waals surface area contributed by atoms with Crippen molar-refractivity contribution in [3.63, 3.8) is 0 Å². The van der Waals surface area contributed by atoms with Gasteiger partial charge in [-0.05, 0) is 37.2 Å². The van der Waals surface area contributed by atoms with Gasteiger partial charge in [0.2, 0.25) is 0 Å². The highest BCUT2D eigenvalue weighted by Crippen LogP contribution is 2.31. The normalized spacial score (nSPS) is 19.0. The lowest BCUT2D eigenvalue weighted by molar-refractivity contribution is 0.246. The Kier molecular flexibility index (Phi) is 4.60. The third kappa shape index (κ3) is 3.53. The highest BCUT2D eigenvalue weighted by atomic mass is 19.1. The van der Waals surface area contributed by atoms with Crippen molar-refractivity contribution in [3.05, 3.63) is 59.9 Å². The Morgan fingerprint density at radius 3 is 3.07 bits per heavy atom. The van der Waals surface area contributed by atoms with Gasteiger partial charge in [-0.25, -0.2) is 19.3 Å². The van der Waals surface area contributed by atoms with Gasteiger partial charge in [0.1, 0.15) is 29.8 Å². The monoisotopic (exact) mass is 391 g/mol. The average molecular weight is 391 g/mol. The highest BCUT2D eigenvalue weighted by Gasteiger charge is 2.24. The van der Waals surface area contributed by atoms with E-state index >= 15 is 0 Å². The van der Waals surface area contributed by atoms with E-state index in [-0.39, 0.29) is 11.9 Å². The molecule has 0 aliphatic carbocycles. The molecule has 1 N–H and O–H groups in total. The number of halogens is 1. The van der Waals surface area contributed by atoms with Crippen LogP contribution in [0, 0.1) is 5.82 Å². The third-order valence-electron chi connectivity index (χ3n) is 5.56. The molecule has 3 aromatic rings. The van der Waals surface area contributed by atoms with E-state index in [0.29, 0.717) is 13.0 Å². The van der Waals surface area contributed by atoms with Crippen LogP contribution in [0.1, 0.15) is 17.5 Å². The SMILES string of the molecule is CN1CC=C(c2cnc(NCC3Cc4cc(F)ccc4O3)c3cncnc23)CC1. The summed E-state index contributed by atoms with van der Waals surface area (Å²) in [7, 11) is 2.12. The number of likely N-dealkylation sites (N-methyl/N-ethyl adjacent to an activating group) is 1. The van der Waals surface area contributed by atoms with E-state index in [0.717, 1.165) is 53.1 Å². The molecule has 0 saturated heterocycles. The van der Waals surface area contributed by atoms with Gasteiger partial charge >= 0.3 is 0 Å². The molecule has 29 heavy (non-hydrogen) atoms. The minimum Gasteiger partial charge on any atom is -0.488 e. The van der Waals surface area contributed by atoms with Gasteiger partial charge in [0.15, 0.2) is 0 Å². The molecular formula is C22H22FN5O. The Hall–Kier alpha value is -3.06. The van der Waals surface area contributed by atoms with Crippen LogP contribution in [0.5, 0.6) is 5.75 Å². The first-order chi connectivity index (χ1) is 14.2. The van der Waals surface area contributed by atoms with Gasteiger partial charge < -0.3 is 15.0 Å². The molecule has 0 saturated carbocycles. The molecule has 4 heterocycles. The van der Waals surface area contributed by atoms with E-state index < -0.39 is 0 Å². The second-order valence-corrected chi connectivity index (χ2v) is 7.62. The van der Waals surface area contributed by atoms with Gasteiger partial charge in [-0.1, -0.05) is 6.08 Å². The summed E-state index contributed by atoms with van der Waals surface area (Å²) in [6, 6.07) is 4.66. The van der Waals surface area contributed by atoms with Crippen molar-refractivity contribution in [2.24, 2.45) is 0 Å². The van der Waals surface area contributed by atoms with E-state index in [4.69, 9.17) is 4.74 Å². The molecule has 6 nitrogen and oxygen atoms in total. The summed E-state index contributed by atoms with van der Waals surface area (Å²) in [5.41, 5.74) is 4.16. The number of rotatable bonds is 4. The van der Waals surface area contributed by atoms with Gasteiger partial charge in [0.05, 0.1) is 17.4 Å². The van der Waals surface area contributed by atoms with Crippen LogP contribution in [-0.4, -0.2) is 52.6 Å². The van der Waals surface area contributed by atoms with E-state index in [2.05, 4.69) is 38.3 Å². The number of hydrogen-bond acceptors (Lipinski definition) is 6. The molecule has 5 rings (SSSR count). The molecular weight excluding hydrogens is 369 g/mol. The first-order valence-electron chi connectivity index (χ1n) is 9.83. The molecule has 0 spiro atoms. The number of aromatic nitrogens is 3. The molecule has 2 aromatic heterocycles. The van der Waals surface area contributed by atoms with E-state index in [1.807, 2.05) is 6.20 Å². The van der Waals surface area contributed by atoms with Crippen LogP contribution < -0.4 is 10.1 Å². The Morgan fingerprint density at radius 2 is 2.21 bits per heavy atom. The lowest BCUT2D eigenvalue weighted by Crippen LogP contribution is -2.25. The van der Waals surface area contributed by atoms with Crippen LogP contribution in [0.15, 0.2) is 43.0 Å². The predicted octanol–water partition coefficient (Wildman–Crippen LogP) is 3.30. The summed E-state index contributed by atoms with van der Waals surface area (Å²) in [5.74, 6) is 1.26. The molecule has 7 heteroatoms. The van der Waals surface area contributed by atoms with Gasteiger partial charge in [-0.2, -0.15) is 0 Å². The standard InChI is InChI=1S/C22H22FN5O/c1-28-6-4-14(5-7-28)18-12-26-22(19-11-24-13-27-21(18)19)25-10-17-9-15-8-16(23)2-3-20(15)29-17/h2-4,8,11-13,17H,5-7,9-10H2,1H3,(H,25,26). The van der Waals surface area contributed by atoms with Crippen molar-refractivity contribution in [2.75, 3.05) is 32.0 Å². The highest BCUT2D eigenvalue weighted by molar-refractivity contribution is 5.96. The number of hydrogen-bond donors (Lipinski definition) is 1. The third-order valence-corrected chi connectivity index (χ3v) is 5.56. The fourth-order valence-corrected chi connectivity index (χ4v) is 3.98. The molecule has 1 atom stereocenters. The summed E-state index contributed by atoms with van der Waals surface area (Å²) < 4.78 is 19.3. The number of benzene rings is 1. The summed E-state index contributed by atoms with van der Waals surface area (Å²) in [4.78, 5) is 15.7. The number of fused-ring (bicyclic) bond motifs is 2. The number of nitrogens with one attached hydrogen (secondary N) is 1. The number of pyridine rings is 1. The molecule has 1 aromatic carbocycles. The quantitative estimate of drug-likeness (QED) is 0.736. The lowest BCUT2D eigenvalue weighted by Gasteiger charge is -2.22. The van der Waals surface area contributed by atoms with Crippen LogP contribution in [0.25, 0.3) is 16.5 Å². The fraction of sp³-hybridized carbons (Fsp3) is 0.318. The fourth-order valence-electron chi connectivity index (χ4n) is 3.98. The van der Waals surface area contributed by atoms with Crippen LogP contribution in [-0.2, 0) is 6.42 Å². The lowest BCUT2D eigenvalue weighted by atomic mass is 9.99. The first kappa shape index (κ1) is 18.0. The second kappa shape index (κ2) is 7.40. The summed E-state index contributed by atoms with van der Waals surface area (Å²) in [6.07, 6.45) is 9.12. The summed E-state index contributed by atoms with van der Waals surface area (Å²) in [5, 5.41) is 4.27. The topological polar surface area (TPSA) is 63.2 Å². The van der Waals surface area contributed by atoms with Gasteiger partial charge in [0.25, 0.3) is 0 Å². The molecule has 148 valence electrons. The molecule has 1 unspecified atom stereocenters. The van der Waals surface area contributed by atoms with E-state index in [1.54, 1.807) is 24.7 Å². The first-order valence-corrected chi connectivity index (χ1v) is 9.83. The number of anilines is 1. The molecule has 0 bridgehead atoms. The second-order valence-electron chi connectivity index (χ2n) is 7.62. The predicted molar refractivity (Wildman–Crippen MR) is 110 cm³/mol. The smallest absolute Gasteiger partial charge is 0.137 e. The van der Waals surface area contributed by atoms with Crippen molar-refractivity contribution in [1.29, 1.82) is 0 Å². The van der Waals surface area contributed by atoms with E-state index in [1.165, 1.54) is 11.6 Å². The van der Waals surface area contributed by atoms with E-state index in [9.17, 15) is 4.39 Å². The van der Waals surface area contributed by atoms with Crippen molar-refractivity contribution < 1.29 is 9.13 Å². The molecule has 2 aliphatic heterocycles. The van der Waals surface area contributed by atoms with Gasteiger partial charge in [-0.3, -0.25) is 0 Å².